The molecule has 18 heavy (non-hydrogen) atoms. The van der Waals surface area contributed by atoms with E-state index in [0.29, 0.717) is 0 Å². The van der Waals surface area contributed by atoms with Crippen molar-refractivity contribution in [3.63, 3.8) is 0 Å². The molecule has 7 heteroatoms. The first-order valence-corrected chi connectivity index (χ1v) is 5.69. The van der Waals surface area contributed by atoms with Crippen molar-refractivity contribution in [3.05, 3.63) is 29.3 Å². The van der Waals surface area contributed by atoms with Crippen LogP contribution in [-0.2, 0) is 4.79 Å². The normalized spacial score (nSPS) is 24.7. The summed E-state index contributed by atoms with van der Waals surface area (Å²) in [5.41, 5.74) is 0.100. The van der Waals surface area contributed by atoms with Crippen molar-refractivity contribution < 1.29 is 23.4 Å². The summed E-state index contributed by atoms with van der Waals surface area (Å²) in [6.45, 7) is 0. The van der Waals surface area contributed by atoms with Crippen LogP contribution >= 0.6 is 23.2 Å². The average Bonchev–Trinajstić information content (AvgIpc) is 2.81. The number of benzene rings is 1. The highest BCUT2D eigenvalue weighted by Gasteiger charge is 2.68. The van der Waals surface area contributed by atoms with Crippen LogP contribution in [0.3, 0.4) is 0 Å². The first kappa shape index (κ1) is 13.4. The zero-order valence-corrected chi connectivity index (χ0v) is 10.6. The van der Waals surface area contributed by atoms with Gasteiger partial charge in [-0.3, -0.25) is 4.79 Å². The Hall–Kier alpha value is -1.07. The second-order valence-electron chi connectivity index (χ2n) is 3.99. The van der Waals surface area contributed by atoms with E-state index in [0.717, 1.165) is 19.2 Å². The standard InChI is InChI=1S/C11H8Cl2F2O3/c1-18-9-5(14)2-4(3-6(9)15)7-8(10(16)17)11(7,12)13/h2-3,7-8H,1H3,(H,16,17)/t7-,8+/m0/s1. The lowest BCUT2D eigenvalue weighted by atomic mass is 10.1. The minimum Gasteiger partial charge on any atom is -0.491 e. The van der Waals surface area contributed by atoms with Crippen molar-refractivity contribution in [1.82, 2.24) is 0 Å². The molecule has 0 amide bonds. The molecule has 0 bridgehead atoms. The van der Waals surface area contributed by atoms with E-state index < -0.39 is 39.5 Å². The molecule has 2 rings (SSSR count). The lowest BCUT2D eigenvalue weighted by Crippen LogP contribution is -2.03. The average molecular weight is 297 g/mol. The fourth-order valence-corrected chi connectivity index (χ4v) is 2.82. The van der Waals surface area contributed by atoms with Crippen molar-refractivity contribution in [2.45, 2.75) is 10.3 Å². The van der Waals surface area contributed by atoms with Crippen LogP contribution in [0.15, 0.2) is 12.1 Å². The van der Waals surface area contributed by atoms with Crippen molar-refractivity contribution in [1.29, 1.82) is 0 Å². The molecule has 0 aromatic heterocycles. The van der Waals surface area contributed by atoms with E-state index in [1.54, 1.807) is 0 Å². The van der Waals surface area contributed by atoms with Gasteiger partial charge in [0.25, 0.3) is 0 Å². The third-order valence-electron chi connectivity index (χ3n) is 2.90. The fourth-order valence-electron chi connectivity index (χ4n) is 2.00. The molecule has 1 aromatic carbocycles. The van der Waals surface area contributed by atoms with Gasteiger partial charge in [0.15, 0.2) is 17.4 Å². The summed E-state index contributed by atoms with van der Waals surface area (Å²) in [6.07, 6.45) is 0. The first-order valence-electron chi connectivity index (χ1n) is 4.94. The minimum atomic E-state index is -1.54. The largest absolute Gasteiger partial charge is 0.491 e. The predicted molar refractivity (Wildman–Crippen MR) is 61.2 cm³/mol. The Balaban J connectivity index is 2.40. The van der Waals surface area contributed by atoms with E-state index in [2.05, 4.69) is 4.74 Å². The number of carbonyl (C=O) groups is 1. The molecular weight excluding hydrogens is 289 g/mol. The van der Waals surface area contributed by atoms with Gasteiger partial charge >= 0.3 is 5.97 Å². The molecule has 3 nitrogen and oxygen atoms in total. The van der Waals surface area contributed by atoms with Gasteiger partial charge in [-0.25, -0.2) is 8.78 Å². The Bertz CT molecular complexity index is 496. The Labute approximate surface area is 111 Å². The number of ether oxygens (including phenoxy) is 1. The molecule has 0 heterocycles. The zero-order valence-electron chi connectivity index (χ0n) is 9.08. The van der Waals surface area contributed by atoms with Crippen molar-refractivity contribution in [2.75, 3.05) is 7.11 Å². The number of hydrogen-bond acceptors (Lipinski definition) is 2. The molecule has 1 N–H and O–H groups in total. The number of halogens is 4. The Morgan fingerprint density at radius 3 is 2.22 bits per heavy atom. The van der Waals surface area contributed by atoms with Gasteiger partial charge in [0.05, 0.1) is 13.0 Å². The van der Waals surface area contributed by atoms with Gasteiger partial charge in [0.2, 0.25) is 0 Å². The lowest BCUT2D eigenvalue weighted by molar-refractivity contribution is -0.138. The van der Waals surface area contributed by atoms with Crippen LogP contribution in [0.25, 0.3) is 0 Å². The molecule has 0 unspecified atom stereocenters. The van der Waals surface area contributed by atoms with Gasteiger partial charge in [-0.1, -0.05) is 23.2 Å². The molecule has 1 aliphatic carbocycles. The van der Waals surface area contributed by atoms with Crippen LogP contribution < -0.4 is 4.74 Å². The molecular formula is C11H8Cl2F2O3. The monoisotopic (exact) mass is 296 g/mol. The van der Waals surface area contributed by atoms with Gasteiger partial charge in [0, 0.05) is 5.92 Å². The second-order valence-corrected chi connectivity index (χ2v) is 5.43. The summed E-state index contributed by atoms with van der Waals surface area (Å²) in [4.78, 5) is 10.9. The quantitative estimate of drug-likeness (QED) is 0.873. The topological polar surface area (TPSA) is 46.5 Å². The van der Waals surface area contributed by atoms with Crippen molar-refractivity contribution >= 4 is 29.2 Å². The van der Waals surface area contributed by atoms with Gasteiger partial charge in [-0.2, -0.15) is 0 Å². The summed E-state index contributed by atoms with van der Waals surface area (Å²) in [5.74, 6) is -5.50. The maximum atomic E-state index is 13.5. The lowest BCUT2D eigenvalue weighted by Gasteiger charge is -2.06. The third kappa shape index (κ3) is 1.91. The number of carboxylic acids is 1. The van der Waals surface area contributed by atoms with Crippen LogP contribution in [0, 0.1) is 17.6 Å². The first-order chi connectivity index (χ1) is 8.30. The van der Waals surface area contributed by atoms with Crippen LogP contribution in [0.5, 0.6) is 5.75 Å². The Kier molecular flexibility index (Phi) is 3.15. The second kappa shape index (κ2) is 4.24. The van der Waals surface area contributed by atoms with Crippen molar-refractivity contribution in [3.8, 4) is 5.75 Å². The van der Waals surface area contributed by atoms with Gasteiger partial charge in [-0.15, -0.1) is 0 Å². The maximum absolute atomic E-state index is 13.5. The fraction of sp³-hybridized carbons (Fsp3) is 0.364. The summed E-state index contributed by atoms with van der Waals surface area (Å²) in [6, 6.07) is 1.96. The van der Waals surface area contributed by atoms with Crippen LogP contribution in [0.4, 0.5) is 8.78 Å². The predicted octanol–water partition coefficient (Wildman–Crippen LogP) is 2.95. The number of hydrogen-bond donors (Lipinski definition) is 1. The molecule has 98 valence electrons. The molecule has 1 aromatic rings. The molecule has 0 radical (unpaired) electrons. The number of rotatable bonds is 3. The number of carboxylic acid groups (broad SMARTS) is 1. The Morgan fingerprint density at radius 2 is 1.89 bits per heavy atom. The van der Waals surface area contributed by atoms with Gasteiger partial charge < -0.3 is 9.84 Å². The van der Waals surface area contributed by atoms with Crippen LogP contribution in [0.1, 0.15) is 11.5 Å². The van der Waals surface area contributed by atoms with E-state index in [1.807, 2.05) is 0 Å². The molecule has 1 saturated carbocycles. The highest BCUT2D eigenvalue weighted by atomic mass is 35.5. The molecule has 0 saturated heterocycles. The third-order valence-corrected chi connectivity index (χ3v) is 3.84. The summed E-state index contributed by atoms with van der Waals surface area (Å²) >= 11 is 11.6. The van der Waals surface area contributed by atoms with Crippen LogP contribution in [0.2, 0.25) is 0 Å². The number of aliphatic carboxylic acids is 1. The zero-order chi connectivity index (χ0) is 13.7. The Morgan fingerprint density at radius 1 is 1.39 bits per heavy atom. The molecule has 1 fully saturated rings. The van der Waals surface area contributed by atoms with Gasteiger partial charge in [0.1, 0.15) is 4.33 Å². The summed E-state index contributed by atoms with van der Waals surface area (Å²) in [5, 5.41) is 8.88. The maximum Gasteiger partial charge on any atom is 0.310 e. The van der Waals surface area contributed by atoms with E-state index in [4.69, 9.17) is 28.3 Å². The highest BCUT2D eigenvalue weighted by molar-refractivity contribution is 6.53. The number of alkyl halides is 2. The van der Waals surface area contributed by atoms with E-state index in [9.17, 15) is 13.6 Å². The van der Waals surface area contributed by atoms with E-state index >= 15 is 0 Å². The highest BCUT2D eigenvalue weighted by Crippen LogP contribution is 2.65. The molecule has 0 spiro atoms. The SMILES string of the molecule is COc1c(F)cc([C@H]2[C@H](C(=O)O)C2(Cl)Cl)cc1F. The summed E-state index contributed by atoms with van der Waals surface area (Å²) < 4.78 is 29.9. The summed E-state index contributed by atoms with van der Waals surface area (Å²) in [7, 11) is 1.13. The number of methoxy groups -OCH3 is 1. The minimum absolute atomic E-state index is 0.100. The van der Waals surface area contributed by atoms with Gasteiger partial charge in [-0.05, 0) is 17.7 Å². The van der Waals surface area contributed by atoms with E-state index in [1.165, 1.54) is 0 Å². The molecule has 2 atom stereocenters. The smallest absolute Gasteiger partial charge is 0.310 e. The van der Waals surface area contributed by atoms with E-state index in [-0.39, 0.29) is 5.56 Å². The molecule has 1 aliphatic rings. The molecule has 0 aliphatic heterocycles. The van der Waals surface area contributed by atoms with Crippen LogP contribution in [-0.4, -0.2) is 22.5 Å². The van der Waals surface area contributed by atoms with Crippen molar-refractivity contribution in [2.24, 2.45) is 5.92 Å².